The second-order valence-electron chi connectivity index (χ2n) is 7.89. The van der Waals surface area contributed by atoms with Gasteiger partial charge in [-0.2, -0.15) is 0 Å². The maximum Gasteiger partial charge on any atom is 0.408 e. The minimum atomic E-state index is -0.912. The standard InChI is InChI=1S/C25H32N2O5/c1-4-31-24(29)22(15-18(2)3)26-23(28)21(16-19-11-7-5-8-12-19)27-25(30)32-17-20-13-9-6-10-14-20/h5-14,18,21-22H,4,15-17H2,1-3H3,(H,26,28)(H,27,30)/t21-,22-/m0/s1. The summed E-state index contributed by atoms with van der Waals surface area (Å²) in [6, 6.07) is 16.9. The van der Waals surface area contributed by atoms with E-state index in [9.17, 15) is 14.4 Å². The average Bonchev–Trinajstić information content (AvgIpc) is 2.78. The van der Waals surface area contributed by atoms with Gasteiger partial charge in [-0.05, 0) is 30.4 Å². The highest BCUT2D eigenvalue weighted by Crippen LogP contribution is 2.09. The topological polar surface area (TPSA) is 93.7 Å². The zero-order chi connectivity index (χ0) is 23.3. The lowest BCUT2D eigenvalue weighted by molar-refractivity contribution is -0.148. The molecular weight excluding hydrogens is 408 g/mol. The van der Waals surface area contributed by atoms with Crippen LogP contribution in [0.25, 0.3) is 0 Å². The van der Waals surface area contributed by atoms with E-state index in [0.29, 0.717) is 6.42 Å². The van der Waals surface area contributed by atoms with Gasteiger partial charge >= 0.3 is 12.1 Å². The summed E-state index contributed by atoms with van der Waals surface area (Å²) < 4.78 is 10.4. The molecule has 0 radical (unpaired) electrons. The van der Waals surface area contributed by atoms with Gasteiger partial charge in [-0.25, -0.2) is 9.59 Å². The Labute approximate surface area is 189 Å². The van der Waals surface area contributed by atoms with Gasteiger partial charge in [0.2, 0.25) is 5.91 Å². The van der Waals surface area contributed by atoms with Crippen LogP contribution in [0.4, 0.5) is 4.79 Å². The Morgan fingerprint density at radius 2 is 1.41 bits per heavy atom. The van der Waals surface area contributed by atoms with E-state index in [0.717, 1.165) is 11.1 Å². The van der Waals surface area contributed by atoms with Gasteiger partial charge in [0.15, 0.2) is 0 Å². The first kappa shape index (κ1) is 24.9. The third-order valence-corrected chi connectivity index (χ3v) is 4.70. The van der Waals surface area contributed by atoms with Gasteiger partial charge < -0.3 is 20.1 Å². The van der Waals surface area contributed by atoms with Crippen molar-refractivity contribution in [2.75, 3.05) is 6.61 Å². The van der Waals surface area contributed by atoms with E-state index in [1.165, 1.54) is 0 Å². The number of hydrogen-bond acceptors (Lipinski definition) is 5. The molecule has 2 atom stereocenters. The van der Waals surface area contributed by atoms with Crippen LogP contribution in [0.3, 0.4) is 0 Å². The summed E-state index contributed by atoms with van der Waals surface area (Å²) in [7, 11) is 0. The number of amides is 2. The summed E-state index contributed by atoms with van der Waals surface area (Å²) in [6.45, 7) is 5.94. The smallest absolute Gasteiger partial charge is 0.408 e. The second kappa shape index (κ2) is 13.1. The number of carbonyl (C=O) groups is 3. The number of carbonyl (C=O) groups excluding carboxylic acids is 3. The monoisotopic (exact) mass is 440 g/mol. The van der Waals surface area contributed by atoms with Crippen LogP contribution in [0.15, 0.2) is 60.7 Å². The minimum Gasteiger partial charge on any atom is -0.464 e. The van der Waals surface area contributed by atoms with Crippen LogP contribution in [0.2, 0.25) is 0 Å². The molecule has 7 nitrogen and oxygen atoms in total. The molecule has 2 aromatic rings. The molecule has 0 saturated carbocycles. The van der Waals surface area contributed by atoms with Crippen molar-refractivity contribution in [1.29, 1.82) is 0 Å². The highest BCUT2D eigenvalue weighted by atomic mass is 16.5. The molecular formula is C25H32N2O5. The molecule has 0 spiro atoms. The minimum absolute atomic E-state index is 0.0884. The molecule has 0 aromatic heterocycles. The van der Waals surface area contributed by atoms with E-state index in [4.69, 9.17) is 9.47 Å². The van der Waals surface area contributed by atoms with E-state index in [1.54, 1.807) is 6.92 Å². The number of ether oxygens (including phenoxy) is 2. The van der Waals surface area contributed by atoms with E-state index >= 15 is 0 Å². The van der Waals surface area contributed by atoms with Gasteiger partial charge in [0.25, 0.3) is 0 Å². The van der Waals surface area contributed by atoms with Crippen LogP contribution in [0.5, 0.6) is 0 Å². The Balaban J connectivity index is 2.09. The third kappa shape index (κ3) is 8.79. The number of hydrogen-bond donors (Lipinski definition) is 2. The molecule has 0 saturated heterocycles. The van der Waals surface area contributed by atoms with E-state index in [-0.39, 0.29) is 25.6 Å². The van der Waals surface area contributed by atoms with Crippen LogP contribution in [-0.4, -0.2) is 36.7 Å². The zero-order valence-corrected chi connectivity index (χ0v) is 18.9. The Morgan fingerprint density at radius 3 is 1.97 bits per heavy atom. The van der Waals surface area contributed by atoms with Crippen molar-refractivity contribution < 1.29 is 23.9 Å². The highest BCUT2D eigenvalue weighted by molar-refractivity contribution is 5.89. The van der Waals surface area contributed by atoms with Crippen molar-refractivity contribution in [3.05, 3.63) is 71.8 Å². The first-order chi connectivity index (χ1) is 15.4. The SMILES string of the molecule is CCOC(=O)[C@H](CC(C)C)NC(=O)[C@H](Cc1ccccc1)NC(=O)OCc1ccccc1. The second-order valence-corrected chi connectivity index (χ2v) is 7.89. The van der Waals surface area contributed by atoms with Crippen LogP contribution < -0.4 is 10.6 Å². The first-order valence-corrected chi connectivity index (χ1v) is 10.9. The van der Waals surface area contributed by atoms with Crippen molar-refractivity contribution in [3.63, 3.8) is 0 Å². The van der Waals surface area contributed by atoms with Gasteiger partial charge in [0, 0.05) is 6.42 Å². The van der Waals surface area contributed by atoms with Crippen molar-refractivity contribution >= 4 is 18.0 Å². The summed E-state index contributed by atoms with van der Waals surface area (Å²) in [6.07, 6.45) is -0.0210. The largest absolute Gasteiger partial charge is 0.464 e. The molecule has 2 N–H and O–H groups in total. The lowest BCUT2D eigenvalue weighted by Gasteiger charge is -2.23. The molecule has 0 aliphatic carbocycles. The summed E-state index contributed by atoms with van der Waals surface area (Å²) in [5.41, 5.74) is 1.71. The molecule has 32 heavy (non-hydrogen) atoms. The Bertz CT molecular complexity index is 855. The Morgan fingerprint density at radius 1 is 0.812 bits per heavy atom. The maximum atomic E-state index is 13.1. The predicted octanol–water partition coefficient (Wildman–Crippen LogP) is 3.62. The van der Waals surface area contributed by atoms with Gasteiger partial charge in [-0.15, -0.1) is 0 Å². The molecule has 7 heteroatoms. The first-order valence-electron chi connectivity index (χ1n) is 10.9. The normalized spacial score (nSPS) is 12.5. The molecule has 0 heterocycles. The number of benzene rings is 2. The van der Waals surface area contributed by atoms with Crippen LogP contribution in [-0.2, 0) is 32.1 Å². The third-order valence-electron chi connectivity index (χ3n) is 4.70. The van der Waals surface area contributed by atoms with Crippen molar-refractivity contribution in [3.8, 4) is 0 Å². The fourth-order valence-electron chi connectivity index (χ4n) is 3.17. The van der Waals surface area contributed by atoms with Crippen LogP contribution >= 0.6 is 0 Å². The fraction of sp³-hybridized carbons (Fsp3) is 0.400. The van der Waals surface area contributed by atoms with Crippen LogP contribution in [0, 0.1) is 5.92 Å². The molecule has 2 amide bonds. The fourth-order valence-corrected chi connectivity index (χ4v) is 3.17. The van der Waals surface area contributed by atoms with E-state index < -0.39 is 30.1 Å². The maximum absolute atomic E-state index is 13.1. The Kier molecular flexibility index (Phi) is 10.2. The molecule has 2 aromatic carbocycles. The number of nitrogens with one attached hydrogen (secondary N) is 2. The van der Waals surface area contributed by atoms with E-state index in [1.807, 2.05) is 74.5 Å². The van der Waals surface area contributed by atoms with Crippen LogP contribution in [0.1, 0.15) is 38.3 Å². The zero-order valence-electron chi connectivity index (χ0n) is 18.9. The lowest BCUT2D eigenvalue weighted by atomic mass is 10.0. The van der Waals surface area contributed by atoms with Gasteiger partial charge in [0.05, 0.1) is 6.61 Å². The molecule has 172 valence electrons. The van der Waals surface area contributed by atoms with Crippen molar-refractivity contribution in [1.82, 2.24) is 10.6 Å². The molecule has 0 fully saturated rings. The van der Waals surface area contributed by atoms with Gasteiger partial charge in [0.1, 0.15) is 18.7 Å². The van der Waals surface area contributed by atoms with Crippen molar-refractivity contribution in [2.45, 2.75) is 52.3 Å². The molecule has 0 aliphatic heterocycles. The molecule has 0 unspecified atom stereocenters. The molecule has 0 bridgehead atoms. The quantitative estimate of drug-likeness (QED) is 0.521. The summed E-state index contributed by atoms with van der Waals surface area (Å²) in [5.74, 6) is -0.787. The Hall–Kier alpha value is -3.35. The lowest BCUT2D eigenvalue weighted by Crippen LogP contribution is -2.53. The van der Waals surface area contributed by atoms with Gasteiger partial charge in [-0.1, -0.05) is 74.5 Å². The summed E-state index contributed by atoms with van der Waals surface area (Å²) in [5, 5.41) is 5.39. The number of esters is 1. The summed E-state index contributed by atoms with van der Waals surface area (Å²) in [4.78, 5) is 37.8. The highest BCUT2D eigenvalue weighted by Gasteiger charge is 2.28. The molecule has 2 rings (SSSR count). The van der Waals surface area contributed by atoms with Crippen molar-refractivity contribution in [2.24, 2.45) is 5.92 Å². The van der Waals surface area contributed by atoms with E-state index in [2.05, 4.69) is 10.6 Å². The molecule has 0 aliphatic rings. The summed E-state index contributed by atoms with van der Waals surface area (Å²) >= 11 is 0. The predicted molar refractivity (Wildman–Crippen MR) is 122 cm³/mol. The van der Waals surface area contributed by atoms with Gasteiger partial charge in [-0.3, -0.25) is 4.79 Å². The number of alkyl carbamates (subject to hydrolysis) is 1. The average molecular weight is 441 g/mol. The number of rotatable bonds is 11.